The van der Waals surface area contributed by atoms with Gasteiger partial charge < -0.3 is 9.41 Å². The highest BCUT2D eigenvalue weighted by atomic mass is 19.1. The molecule has 6 nitrogen and oxygen atoms in total. The van der Waals surface area contributed by atoms with E-state index in [0.717, 1.165) is 28.6 Å². The molecule has 0 spiro atoms. The molecule has 0 saturated heterocycles. The van der Waals surface area contributed by atoms with Crippen molar-refractivity contribution >= 4 is 11.5 Å². The van der Waals surface area contributed by atoms with Crippen molar-refractivity contribution in [1.82, 2.24) is 24.1 Å². The van der Waals surface area contributed by atoms with Gasteiger partial charge in [0.2, 0.25) is 5.65 Å². The fourth-order valence-electron chi connectivity index (χ4n) is 4.56. The normalized spacial score (nSPS) is 22.5. The molecule has 28 heavy (non-hydrogen) atoms. The molecule has 0 radical (unpaired) electrons. The fraction of sp³-hybridized carbons (Fsp3) is 0.238. The minimum Gasteiger partial charge on any atom is -0.360 e. The standard InChI is InChI=1S/C21H15FN6/c1-23-18-11-24-17-7-6-16(26-28(17)18)20-19(14-2-4-15(22)5-3-14)25-12-27(20)21-8-13(9-21)10-21/h2-7,11-13H,8-10H2. The van der Waals surface area contributed by atoms with Crippen molar-refractivity contribution in [3.63, 3.8) is 0 Å². The predicted molar refractivity (Wildman–Crippen MR) is 101 cm³/mol. The Balaban J connectivity index is 1.59. The summed E-state index contributed by atoms with van der Waals surface area (Å²) >= 11 is 0. The monoisotopic (exact) mass is 370 g/mol. The van der Waals surface area contributed by atoms with E-state index in [1.807, 2.05) is 18.5 Å². The lowest BCUT2D eigenvalue weighted by Crippen LogP contribution is -2.59. The Kier molecular flexibility index (Phi) is 2.91. The highest BCUT2D eigenvalue weighted by Crippen LogP contribution is 2.63. The minimum atomic E-state index is -0.274. The maximum Gasteiger partial charge on any atom is 0.275 e. The molecule has 3 aliphatic carbocycles. The maximum absolute atomic E-state index is 13.4. The highest BCUT2D eigenvalue weighted by Gasteiger charge is 2.58. The molecule has 0 aliphatic heterocycles. The van der Waals surface area contributed by atoms with Crippen molar-refractivity contribution in [2.24, 2.45) is 5.92 Å². The third-order valence-corrected chi connectivity index (χ3v) is 6.10. The topological polar surface area (TPSA) is 52.4 Å². The highest BCUT2D eigenvalue weighted by molar-refractivity contribution is 5.77. The molecule has 3 fully saturated rings. The van der Waals surface area contributed by atoms with Gasteiger partial charge in [0.1, 0.15) is 11.5 Å². The van der Waals surface area contributed by atoms with E-state index in [4.69, 9.17) is 16.7 Å². The maximum atomic E-state index is 13.4. The van der Waals surface area contributed by atoms with E-state index >= 15 is 0 Å². The molecule has 1 aromatic carbocycles. The molecule has 2 bridgehead atoms. The molecule has 0 atom stereocenters. The minimum absolute atomic E-state index is 0.124. The van der Waals surface area contributed by atoms with Gasteiger partial charge in [-0.05, 0) is 55.5 Å². The van der Waals surface area contributed by atoms with Gasteiger partial charge in [0.25, 0.3) is 5.82 Å². The number of rotatable bonds is 3. The molecule has 3 aromatic heterocycles. The van der Waals surface area contributed by atoms with E-state index in [0.29, 0.717) is 11.5 Å². The second kappa shape index (κ2) is 5.26. The van der Waals surface area contributed by atoms with Gasteiger partial charge in [-0.2, -0.15) is 0 Å². The van der Waals surface area contributed by atoms with Gasteiger partial charge in [0.05, 0.1) is 23.9 Å². The van der Waals surface area contributed by atoms with Crippen LogP contribution in [0.5, 0.6) is 0 Å². The Labute approximate surface area is 160 Å². The smallest absolute Gasteiger partial charge is 0.275 e. The van der Waals surface area contributed by atoms with E-state index in [1.165, 1.54) is 37.6 Å². The summed E-state index contributed by atoms with van der Waals surface area (Å²) in [6.07, 6.45) is 6.91. The molecule has 3 aliphatic rings. The lowest BCUT2D eigenvalue weighted by Gasteiger charge is -2.62. The molecular weight excluding hydrogens is 355 g/mol. The van der Waals surface area contributed by atoms with Crippen LogP contribution in [0.25, 0.3) is 33.1 Å². The lowest BCUT2D eigenvalue weighted by molar-refractivity contribution is -0.0877. The Morgan fingerprint density at radius 3 is 2.54 bits per heavy atom. The first-order valence-electron chi connectivity index (χ1n) is 9.23. The van der Waals surface area contributed by atoms with Crippen molar-refractivity contribution in [1.29, 1.82) is 0 Å². The van der Waals surface area contributed by atoms with Gasteiger partial charge in [0.15, 0.2) is 0 Å². The van der Waals surface area contributed by atoms with Crippen LogP contribution in [-0.2, 0) is 5.54 Å². The molecule has 3 saturated carbocycles. The lowest BCUT2D eigenvalue weighted by atomic mass is 9.49. The van der Waals surface area contributed by atoms with Crippen LogP contribution in [-0.4, -0.2) is 24.1 Å². The number of halogens is 1. The van der Waals surface area contributed by atoms with Crippen LogP contribution in [0.15, 0.2) is 48.9 Å². The van der Waals surface area contributed by atoms with Gasteiger partial charge in [-0.1, -0.05) is 11.7 Å². The van der Waals surface area contributed by atoms with Crippen molar-refractivity contribution in [2.45, 2.75) is 24.8 Å². The van der Waals surface area contributed by atoms with Crippen LogP contribution in [0.4, 0.5) is 10.2 Å². The van der Waals surface area contributed by atoms with Crippen LogP contribution in [0.3, 0.4) is 0 Å². The number of fused-ring (bicyclic) bond motifs is 1. The zero-order valence-electron chi connectivity index (χ0n) is 14.9. The van der Waals surface area contributed by atoms with E-state index in [1.54, 1.807) is 16.6 Å². The fourth-order valence-corrected chi connectivity index (χ4v) is 4.56. The van der Waals surface area contributed by atoms with E-state index in [9.17, 15) is 4.39 Å². The average molecular weight is 370 g/mol. The largest absolute Gasteiger partial charge is 0.360 e. The summed E-state index contributed by atoms with van der Waals surface area (Å²) < 4.78 is 17.2. The number of hydrogen-bond acceptors (Lipinski definition) is 3. The predicted octanol–water partition coefficient (Wildman–Crippen LogP) is 4.46. The van der Waals surface area contributed by atoms with Crippen molar-refractivity contribution in [3.05, 3.63) is 66.2 Å². The van der Waals surface area contributed by atoms with Crippen LogP contribution in [0, 0.1) is 18.3 Å². The summed E-state index contributed by atoms with van der Waals surface area (Å²) in [5, 5.41) is 4.71. The quantitative estimate of drug-likeness (QED) is 0.501. The molecule has 7 heteroatoms. The zero-order chi connectivity index (χ0) is 18.9. The van der Waals surface area contributed by atoms with E-state index in [2.05, 4.69) is 14.4 Å². The van der Waals surface area contributed by atoms with Crippen LogP contribution in [0.1, 0.15) is 19.3 Å². The Morgan fingerprint density at radius 2 is 1.86 bits per heavy atom. The van der Waals surface area contributed by atoms with Crippen LogP contribution < -0.4 is 0 Å². The number of benzene rings is 1. The molecule has 4 aromatic rings. The first-order valence-corrected chi connectivity index (χ1v) is 9.23. The summed E-state index contributed by atoms with van der Waals surface area (Å²) in [6, 6.07) is 10.2. The summed E-state index contributed by atoms with van der Waals surface area (Å²) in [6.45, 7) is 7.34. The zero-order valence-corrected chi connectivity index (χ0v) is 14.9. The van der Waals surface area contributed by atoms with E-state index < -0.39 is 0 Å². The van der Waals surface area contributed by atoms with Gasteiger partial charge in [-0.25, -0.2) is 14.4 Å². The molecule has 7 rings (SSSR count). The summed E-state index contributed by atoms with van der Waals surface area (Å²) in [7, 11) is 0. The van der Waals surface area contributed by atoms with Gasteiger partial charge in [0, 0.05) is 17.2 Å². The van der Waals surface area contributed by atoms with Gasteiger partial charge in [-0.15, -0.1) is 4.52 Å². The molecule has 136 valence electrons. The first-order chi connectivity index (χ1) is 13.7. The van der Waals surface area contributed by atoms with E-state index in [-0.39, 0.29) is 11.4 Å². The number of nitrogens with zero attached hydrogens (tertiary/aromatic N) is 6. The van der Waals surface area contributed by atoms with Crippen LogP contribution >= 0.6 is 0 Å². The SMILES string of the molecule is [C-]#[N+]c1cnc2ccc(-c3c(-c4ccc(F)cc4)ncn3C34CC(C3)C4)nn12. The second-order valence-electron chi connectivity index (χ2n) is 7.74. The molecule has 0 N–H and O–H groups in total. The Bertz CT molecular complexity index is 1260. The number of aromatic nitrogens is 5. The summed E-state index contributed by atoms with van der Waals surface area (Å²) in [5.41, 5.74) is 4.03. The van der Waals surface area contributed by atoms with Crippen molar-refractivity contribution in [3.8, 4) is 22.6 Å². The van der Waals surface area contributed by atoms with Crippen LogP contribution in [0.2, 0.25) is 0 Å². The molecular formula is C21H15FN6. The second-order valence-corrected chi connectivity index (χ2v) is 7.74. The Hall–Kier alpha value is -3.53. The van der Waals surface area contributed by atoms with Gasteiger partial charge in [-0.3, -0.25) is 0 Å². The summed E-state index contributed by atoms with van der Waals surface area (Å²) in [4.78, 5) is 12.4. The number of hydrogen-bond donors (Lipinski definition) is 0. The third kappa shape index (κ3) is 1.97. The van der Waals surface area contributed by atoms with Gasteiger partial charge >= 0.3 is 0 Å². The molecule has 0 amide bonds. The van der Waals surface area contributed by atoms with Crippen molar-refractivity contribution < 1.29 is 4.39 Å². The molecule has 0 unspecified atom stereocenters. The first kappa shape index (κ1) is 15.5. The average Bonchev–Trinajstić information content (AvgIpc) is 3.23. The number of imidazole rings is 2. The molecule has 3 heterocycles. The van der Waals surface area contributed by atoms with Crippen molar-refractivity contribution in [2.75, 3.05) is 0 Å². The third-order valence-electron chi connectivity index (χ3n) is 6.10. The Morgan fingerprint density at radius 1 is 1.07 bits per heavy atom. The summed E-state index contributed by atoms with van der Waals surface area (Å²) in [5.74, 6) is 0.919.